The standard InChI is InChI=1S/C20H30N4O.HI/c21-20(22-13-15-6-4-7-15)23-14-16-8-5-11-18(12-16)24-19(25)17-9-2-1-3-10-17;/h5,8,11-12,15,17H,1-4,6-7,9-10,13-14H2,(H,24,25)(H3,21,22,23);1H. The fourth-order valence-corrected chi connectivity index (χ4v) is 3.53. The molecule has 1 aromatic carbocycles. The zero-order valence-electron chi connectivity index (χ0n) is 15.4. The van der Waals surface area contributed by atoms with Crippen LogP contribution in [-0.2, 0) is 11.3 Å². The number of rotatable bonds is 6. The largest absolute Gasteiger partial charge is 0.370 e. The fourth-order valence-electron chi connectivity index (χ4n) is 3.53. The van der Waals surface area contributed by atoms with E-state index in [0.717, 1.165) is 36.6 Å². The van der Waals surface area contributed by atoms with Gasteiger partial charge in [-0.15, -0.1) is 24.0 Å². The van der Waals surface area contributed by atoms with Crippen LogP contribution in [0.1, 0.15) is 56.9 Å². The summed E-state index contributed by atoms with van der Waals surface area (Å²) in [5, 5.41) is 6.26. The lowest BCUT2D eigenvalue weighted by Crippen LogP contribution is -2.37. The lowest BCUT2D eigenvalue weighted by atomic mass is 9.85. The van der Waals surface area contributed by atoms with Crippen LogP contribution in [0, 0.1) is 11.8 Å². The van der Waals surface area contributed by atoms with Crippen molar-refractivity contribution in [1.29, 1.82) is 0 Å². The summed E-state index contributed by atoms with van der Waals surface area (Å²) >= 11 is 0. The Hall–Kier alpha value is -1.31. The number of hydrogen-bond acceptors (Lipinski definition) is 2. The predicted molar refractivity (Wildman–Crippen MR) is 118 cm³/mol. The van der Waals surface area contributed by atoms with Crippen molar-refractivity contribution < 1.29 is 4.79 Å². The summed E-state index contributed by atoms with van der Waals surface area (Å²) in [6, 6.07) is 7.90. The van der Waals surface area contributed by atoms with Gasteiger partial charge in [0.15, 0.2) is 5.96 Å². The maximum absolute atomic E-state index is 12.4. The number of nitrogens with two attached hydrogens (primary N) is 1. The molecule has 0 saturated heterocycles. The van der Waals surface area contributed by atoms with E-state index < -0.39 is 0 Å². The highest BCUT2D eigenvalue weighted by atomic mass is 127. The Morgan fingerprint density at radius 3 is 2.58 bits per heavy atom. The number of benzene rings is 1. The van der Waals surface area contributed by atoms with E-state index in [9.17, 15) is 4.79 Å². The molecule has 3 rings (SSSR count). The van der Waals surface area contributed by atoms with Gasteiger partial charge in [0.2, 0.25) is 5.91 Å². The van der Waals surface area contributed by atoms with Crippen molar-refractivity contribution in [2.24, 2.45) is 22.6 Å². The molecule has 0 radical (unpaired) electrons. The van der Waals surface area contributed by atoms with E-state index in [-0.39, 0.29) is 35.8 Å². The van der Waals surface area contributed by atoms with Crippen LogP contribution in [0.3, 0.4) is 0 Å². The zero-order chi connectivity index (χ0) is 17.5. The lowest BCUT2D eigenvalue weighted by molar-refractivity contribution is -0.120. The number of aliphatic imine (C=N–C) groups is 1. The fraction of sp³-hybridized carbons (Fsp3) is 0.600. The van der Waals surface area contributed by atoms with Crippen LogP contribution in [0.15, 0.2) is 29.3 Å². The number of nitrogens with one attached hydrogen (secondary N) is 2. The van der Waals surface area contributed by atoms with Crippen molar-refractivity contribution in [2.45, 2.75) is 57.9 Å². The molecule has 2 saturated carbocycles. The number of carbonyl (C=O) groups excluding carboxylic acids is 1. The van der Waals surface area contributed by atoms with Crippen LogP contribution in [0.5, 0.6) is 0 Å². The third kappa shape index (κ3) is 6.45. The van der Waals surface area contributed by atoms with Gasteiger partial charge in [-0.2, -0.15) is 0 Å². The van der Waals surface area contributed by atoms with Gasteiger partial charge in [-0.05, 0) is 49.3 Å². The van der Waals surface area contributed by atoms with Gasteiger partial charge >= 0.3 is 0 Å². The molecule has 4 N–H and O–H groups in total. The highest BCUT2D eigenvalue weighted by Gasteiger charge is 2.21. The van der Waals surface area contributed by atoms with Crippen molar-refractivity contribution in [3.05, 3.63) is 29.8 Å². The van der Waals surface area contributed by atoms with Crippen LogP contribution in [0.4, 0.5) is 5.69 Å². The molecule has 2 fully saturated rings. The van der Waals surface area contributed by atoms with E-state index in [1.165, 1.54) is 38.5 Å². The molecule has 0 atom stereocenters. The summed E-state index contributed by atoms with van der Waals surface area (Å²) in [6.07, 6.45) is 9.54. The van der Waals surface area contributed by atoms with Gasteiger partial charge in [0.05, 0.1) is 6.54 Å². The Balaban J connectivity index is 0.00000243. The molecular weight excluding hydrogens is 439 g/mol. The first kappa shape index (κ1) is 21.0. The van der Waals surface area contributed by atoms with Gasteiger partial charge in [-0.1, -0.05) is 37.8 Å². The predicted octanol–water partition coefficient (Wildman–Crippen LogP) is 4.03. The minimum absolute atomic E-state index is 0. The average molecular weight is 470 g/mol. The smallest absolute Gasteiger partial charge is 0.227 e. The zero-order valence-corrected chi connectivity index (χ0v) is 17.7. The van der Waals surface area contributed by atoms with Gasteiger partial charge < -0.3 is 16.4 Å². The van der Waals surface area contributed by atoms with Crippen LogP contribution < -0.4 is 16.4 Å². The van der Waals surface area contributed by atoms with E-state index in [2.05, 4.69) is 15.6 Å². The lowest BCUT2D eigenvalue weighted by Gasteiger charge is -2.25. The third-order valence-corrected chi connectivity index (χ3v) is 5.40. The van der Waals surface area contributed by atoms with Gasteiger partial charge in [-0.3, -0.25) is 4.79 Å². The van der Waals surface area contributed by atoms with Crippen molar-refractivity contribution in [3.63, 3.8) is 0 Å². The normalized spacial score (nSPS) is 18.5. The second-order valence-corrected chi connectivity index (χ2v) is 7.40. The monoisotopic (exact) mass is 470 g/mol. The molecule has 5 nitrogen and oxygen atoms in total. The number of hydrogen-bond donors (Lipinski definition) is 3. The summed E-state index contributed by atoms with van der Waals surface area (Å²) in [7, 11) is 0. The van der Waals surface area contributed by atoms with Crippen molar-refractivity contribution in [3.8, 4) is 0 Å². The third-order valence-electron chi connectivity index (χ3n) is 5.40. The first-order chi connectivity index (χ1) is 12.2. The van der Waals surface area contributed by atoms with Crippen molar-refractivity contribution in [2.75, 3.05) is 11.9 Å². The van der Waals surface area contributed by atoms with Crippen molar-refractivity contribution >= 4 is 41.5 Å². The average Bonchev–Trinajstić information content (AvgIpc) is 2.60. The van der Waals surface area contributed by atoms with Gasteiger partial charge in [0, 0.05) is 18.2 Å². The maximum atomic E-state index is 12.4. The highest BCUT2D eigenvalue weighted by molar-refractivity contribution is 14.0. The number of anilines is 1. The van der Waals surface area contributed by atoms with Gasteiger partial charge in [0.25, 0.3) is 0 Å². The molecule has 1 amide bonds. The number of guanidine groups is 1. The van der Waals surface area contributed by atoms with Gasteiger partial charge in [0.1, 0.15) is 0 Å². The second kappa shape index (κ2) is 10.7. The Morgan fingerprint density at radius 1 is 1.12 bits per heavy atom. The molecule has 0 aliphatic heterocycles. The van der Waals surface area contributed by atoms with E-state index in [1.807, 2.05) is 24.3 Å². The number of carbonyl (C=O) groups is 1. The van der Waals surface area contributed by atoms with E-state index >= 15 is 0 Å². The molecule has 2 aliphatic carbocycles. The summed E-state index contributed by atoms with van der Waals surface area (Å²) in [5.74, 6) is 1.58. The summed E-state index contributed by atoms with van der Waals surface area (Å²) in [4.78, 5) is 16.8. The van der Waals surface area contributed by atoms with Gasteiger partial charge in [-0.25, -0.2) is 4.99 Å². The number of amides is 1. The molecule has 6 heteroatoms. The second-order valence-electron chi connectivity index (χ2n) is 7.40. The topological polar surface area (TPSA) is 79.5 Å². The molecule has 0 bridgehead atoms. The van der Waals surface area contributed by atoms with Crippen LogP contribution >= 0.6 is 24.0 Å². The molecule has 0 aromatic heterocycles. The molecule has 0 spiro atoms. The SMILES string of the molecule is I.NC(=NCc1cccc(NC(=O)C2CCCCC2)c1)NCC1CCC1. The molecule has 26 heavy (non-hydrogen) atoms. The summed E-state index contributed by atoms with van der Waals surface area (Å²) in [6.45, 7) is 1.45. The number of nitrogens with zero attached hydrogens (tertiary/aromatic N) is 1. The van der Waals surface area contributed by atoms with E-state index in [1.54, 1.807) is 0 Å². The maximum Gasteiger partial charge on any atom is 0.227 e. The van der Waals surface area contributed by atoms with Crippen LogP contribution in [0.25, 0.3) is 0 Å². The Kier molecular flexibility index (Phi) is 8.68. The molecule has 2 aliphatic rings. The van der Waals surface area contributed by atoms with Crippen LogP contribution in [0.2, 0.25) is 0 Å². The minimum atomic E-state index is 0. The Morgan fingerprint density at radius 2 is 1.88 bits per heavy atom. The molecule has 0 heterocycles. The highest BCUT2D eigenvalue weighted by Crippen LogP contribution is 2.26. The minimum Gasteiger partial charge on any atom is -0.370 e. The van der Waals surface area contributed by atoms with Crippen LogP contribution in [-0.4, -0.2) is 18.4 Å². The Labute approximate surface area is 173 Å². The molecule has 144 valence electrons. The Bertz CT molecular complexity index is 610. The first-order valence-corrected chi connectivity index (χ1v) is 9.64. The number of halogens is 1. The quantitative estimate of drug-likeness (QED) is 0.334. The first-order valence-electron chi connectivity index (χ1n) is 9.64. The summed E-state index contributed by atoms with van der Waals surface area (Å²) < 4.78 is 0. The van der Waals surface area contributed by atoms with E-state index in [0.29, 0.717) is 12.5 Å². The molecular formula is C20H31IN4O. The summed E-state index contributed by atoms with van der Waals surface area (Å²) in [5.41, 5.74) is 7.84. The molecule has 0 unspecified atom stereocenters. The van der Waals surface area contributed by atoms with Crippen molar-refractivity contribution in [1.82, 2.24) is 5.32 Å². The molecule has 1 aromatic rings. The van der Waals surface area contributed by atoms with E-state index in [4.69, 9.17) is 5.73 Å².